The van der Waals surface area contributed by atoms with E-state index in [2.05, 4.69) is 9.56 Å². The van der Waals surface area contributed by atoms with Crippen molar-refractivity contribution in [2.24, 2.45) is 5.73 Å². The monoisotopic (exact) mass is 286 g/mol. The quantitative estimate of drug-likeness (QED) is 0.174. The Bertz CT molecular complexity index is 207. The lowest BCUT2D eigenvalue weighted by molar-refractivity contribution is -0.215. The Kier molecular flexibility index (Phi) is 12.9. The summed E-state index contributed by atoms with van der Waals surface area (Å²) in [6.45, 7) is 2.11. The van der Waals surface area contributed by atoms with Gasteiger partial charge in [0.1, 0.15) is 32.8 Å². The van der Waals surface area contributed by atoms with Crippen molar-refractivity contribution in [1.82, 2.24) is 0 Å². The Morgan fingerprint density at radius 1 is 1.39 bits per heavy atom. The van der Waals surface area contributed by atoms with E-state index < -0.39 is 14.7 Å². The minimum atomic E-state index is -2.50. The molecule has 0 saturated carbocycles. The van der Waals surface area contributed by atoms with Gasteiger partial charge in [0.2, 0.25) is 0 Å². The average molecular weight is 286 g/mol. The van der Waals surface area contributed by atoms with E-state index >= 15 is 0 Å². The van der Waals surface area contributed by atoms with E-state index in [1.54, 1.807) is 6.08 Å². The highest BCUT2D eigenvalue weighted by Crippen LogP contribution is 2.32. The van der Waals surface area contributed by atoms with E-state index in [0.717, 1.165) is 0 Å². The van der Waals surface area contributed by atoms with E-state index in [1.807, 2.05) is 6.92 Å². The van der Waals surface area contributed by atoms with Gasteiger partial charge in [0, 0.05) is 7.11 Å². The molecule has 0 aromatic rings. The molecule has 2 atom stereocenters. The van der Waals surface area contributed by atoms with E-state index in [-0.39, 0.29) is 26.7 Å². The first kappa shape index (κ1) is 17.7. The molecule has 0 aromatic carbocycles. The van der Waals surface area contributed by atoms with Gasteiger partial charge in [-0.15, -0.1) is 0 Å². The van der Waals surface area contributed by atoms with Gasteiger partial charge in [-0.25, -0.2) is 0 Å². The molecule has 18 heavy (non-hydrogen) atoms. The summed E-state index contributed by atoms with van der Waals surface area (Å²) >= 11 is 0. The maximum absolute atomic E-state index is 9.26. The summed E-state index contributed by atoms with van der Waals surface area (Å²) in [5.74, 6) is 0. The SMILES string of the molecule is CC=COCC(CO[PH+](O)OOCN)OCOC. The number of hydrogen-bond acceptors (Lipinski definition) is 8. The van der Waals surface area contributed by atoms with Crippen molar-refractivity contribution in [3.63, 3.8) is 0 Å². The predicted octanol–water partition coefficient (Wildman–Crippen LogP) is 0.358. The lowest BCUT2D eigenvalue weighted by Gasteiger charge is -2.15. The molecule has 3 N–H and O–H groups in total. The Balaban J connectivity index is 3.82. The topological polar surface area (TPSA) is 102 Å². The highest BCUT2D eigenvalue weighted by atomic mass is 31.2. The third kappa shape index (κ3) is 10.8. The predicted molar refractivity (Wildman–Crippen MR) is 65.2 cm³/mol. The molecule has 9 heteroatoms. The summed E-state index contributed by atoms with van der Waals surface area (Å²) in [5, 5.41) is 0. The average Bonchev–Trinajstić information content (AvgIpc) is 2.39. The van der Waals surface area contributed by atoms with Crippen molar-refractivity contribution in [2.45, 2.75) is 13.0 Å². The smallest absolute Gasteiger partial charge is 0.435 e. The second-order valence-corrected chi connectivity index (χ2v) is 3.93. The fourth-order valence-corrected chi connectivity index (χ4v) is 1.39. The van der Waals surface area contributed by atoms with Crippen LogP contribution in [-0.2, 0) is 28.3 Å². The third-order valence-electron chi connectivity index (χ3n) is 1.53. The van der Waals surface area contributed by atoms with Gasteiger partial charge in [-0.1, -0.05) is 6.08 Å². The first-order valence-electron chi connectivity index (χ1n) is 5.26. The molecule has 0 aliphatic heterocycles. The Hall–Kier alpha value is -0.310. The number of hydrogen-bond donors (Lipinski definition) is 2. The fraction of sp³-hybridized carbons (Fsp3) is 0.778. The molecule has 0 bridgehead atoms. The molecule has 8 nitrogen and oxygen atoms in total. The summed E-state index contributed by atoms with van der Waals surface area (Å²) in [5.41, 5.74) is 5.01. The van der Waals surface area contributed by atoms with Crippen LogP contribution in [0, 0.1) is 0 Å². The van der Waals surface area contributed by atoms with Crippen molar-refractivity contribution in [2.75, 3.05) is 33.8 Å². The normalized spacial score (nSPS) is 14.9. The van der Waals surface area contributed by atoms with E-state index in [9.17, 15) is 4.89 Å². The largest absolute Gasteiger partial charge is 0.499 e. The molecule has 0 radical (unpaired) electrons. The molecule has 0 amide bonds. The summed E-state index contributed by atoms with van der Waals surface area (Å²) in [6, 6.07) is 0. The lowest BCUT2D eigenvalue weighted by atomic mass is 10.4. The van der Waals surface area contributed by atoms with Crippen LogP contribution in [0.5, 0.6) is 0 Å². The minimum absolute atomic E-state index is 0.0830. The van der Waals surface area contributed by atoms with Gasteiger partial charge < -0.3 is 19.9 Å². The summed E-state index contributed by atoms with van der Waals surface area (Å²) in [6.07, 6.45) is 2.88. The van der Waals surface area contributed by atoms with Crippen molar-refractivity contribution in [3.8, 4) is 0 Å². The van der Waals surface area contributed by atoms with Crippen molar-refractivity contribution >= 4 is 8.60 Å². The summed E-state index contributed by atoms with van der Waals surface area (Å²) in [7, 11) is -0.994. The Morgan fingerprint density at radius 3 is 2.78 bits per heavy atom. The highest BCUT2D eigenvalue weighted by Gasteiger charge is 2.20. The first-order chi connectivity index (χ1) is 8.74. The molecular formula is C9H21NO7P+. The zero-order valence-electron chi connectivity index (χ0n) is 10.5. The summed E-state index contributed by atoms with van der Waals surface area (Å²) in [4.78, 5) is 13.6. The van der Waals surface area contributed by atoms with Crippen molar-refractivity contribution in [1.29, 1.82) is 0 Å². The fourth-order valence-electron chi connectivity index (χ4n) is 0.840. The number of methoxy groups -OCH3 is 1. The van der Waals surface area contributed by atoms with Crippen LogP contribution in [0.3, 0.4) is 0 Å². The molecule has 0 saturated heterocycles. The maximum atomic E-state index is 9.26. The van der Waals surface area contributed by atoms with Gasteiger partial charge in [0.05, 0.1) is 6.26 Å². The molecule has 0 fully saturated rings. The van der Waals surface area contributed by atoms with Crippen LogP contribution in [0.1, 0.15) is 6.92 Å². The van der Waals surface area contributed by atoms with Gasteiger partial charge in [-0.05, 0) is 11.6 Å². The van der Waals surface area contributed by atoms with Crippen LogP contribution in [0.15, 0.2) is 12.3 Å². The van der Waals surface area contributed by atoms with Crippen LogP contribution in [-0.4, -0.2) is 44.8 Å². The Morgan fingerprint density at radius 2 is 2.17 bits per heavy atom. The molecule has 0 aromatic heterocycles. The highest BCUT2D eigenvalue weighted by molar-refractivity contribution is 7.40. The molecule has 2 unspecified atom stereocenters. The van der Waals surface area contributed by atoms with Gasteiger partial charge in [0.15, 0.2) is 0 Å². The zero-order valence-corrected chi connectivity index (χ0v) is 11.5. The Labute approximate surface area is 107 Å². The molecule has 0 aliphatic rings. The molecule has 0 spiro atoms. The molecule has 0 aliphatic carbocycles. The first-order valence-corrected chi connectivity index (χ1v) is 6.52. The summed E-state index contributed by atoms with van der Waals surface area (Å²) < 4.78 is 24.6. The van der Waals surface area contributed by atoms with E-state index in [0.29, 0.717) is 0 Å². The maximum Gasteiger partial charge on any atom is 0.435 e. The number of nitrogens with two attached hydrogens (primary N) is 1. The van der Waals surface area contributed by atoms with Gasteiger partial charge in [0.25, 0.3) is 0 Å². The molecule has 108 valence electrons. The van der Waals surface area contributed by atoms with Gasteiger partial charge >= 0.3 is 8.60 Å². The second kappa shape index (κ2) is 13.1. The van der Waals surface area contributed by atoms with Crippen LogP contribution in [0.4, 0.5) is 0 Å². The van der Waals surface area contributed by atoms with Crippen LogP contribution < -0.4 is 5.73 Å². The zero-order chi connectivity index (χ0) is 13.6. The standard InChI is InChI=1S/C9H21NO7P/c1-3-4-13-5-9(14-8-12-2)6-16-18(11)17-15-7-10/h3-4,9,11,18H,5-8,10H2,1-2H3/q+1. The van der Waals surface area contributed by atoms with E-state index in [1.165, 1.54) is 13.4 Å². The molecule has 0 heterocycles. The van der Waals surface area contributed by atoms with E-state index in [4.69, 9.17) is 24.5 Å². The minimum Gasteiger partial charge on any atom is -0.499 e. The number of ether oxygens (including phenoxy) is 3. The lowest BCUT2D eigenvalue weighted by Crippen LogP contribution is -2.25. The number of rotatable bonds is 12. The molecule has 0 rings (SSSR count). The van der Waals surface area contributed by atoms with Gasteiger partial charge in [-0.2, -0.15) is 14.3 Å². The second-order valence-electron chi connectivity index (χ2n) is 2.94. The third-order valence-corrected chi connectivity index (χ3v) is 2.20. The van der Waals surface area contributed by atoms with Crippen molar-refractivity contribution < 1.29 is 33.2 Å². The van der Waals surface area contributed by atoms with Crippen LogP contribution in [0.25, 0.3) is 0 Å². The number of allylic oxidation sites excluding steroid dienone is 1. The van der Waals surface area contributed by atoms with Crippen LogP contribution in [0.2, 0.25) is 0 Å². The molecular weight excluding hydrogens is 265 g/mol. The van der Waals surface area contributed by atoms with Crippen LogP contribution >= 0.6 is 8.60 Å². The van der Waals surface area contributed by atoms with Gasteiger partial charge in [-0.3, -0.25) is 0 Å². The van der Waals surface area contributed by atoms with Crippen molar-refractivity contribution in [3.05, 3.63) is 12.3 Å².